The summed E-state index contributed by atoms with van der Waals surface area (Å²) in [5.41, 5.74) is 1.15. The molecule has 0 N–H and O–H groups in total. The number of carbonyl (C=O) groups excluding carboxylic acids is 2. The van der Waals surface area contributed by atoms with Gasteiger partial charge in [0.15, 0.2) is 0 Å². The van der Waals surface area contributed by atoms with Crippen LogP contribution in [0.3, 0.4) is 0 Å². The van der Waals surface area contributed by atoms with Crippen molar-refractivity contribution in [1.82, 2.24) is 4.90 Å². The molecule has 6 heteroatoms. The quantitative estimate of drug-likeness (QED) is 0.572. The smallest absolute Gasteiger partial charge is 0.307 e. The van der Waals surface area contributed by atoms with Crippen molar-refractivity contribution in [3.05, 3.63) is 34.9 Å². The molecule has 0 spiro atoms. The second-order valence-corrected chi connectivity index (χ2v) is 5.85. The molecule has 1 aromatic carbocycles. The highest BCUT2D eigenvalue weighted by atomic mass is 35.5. The Kier molecular flexibility index (Phi) is 10.1. The third-order valence-electron chi connectivity index (χ3n) is 3.58. The minimum absolute atomic E-state index is 0.0327. The molecule has 0 radical (unpaired) electrons. The summed E-state index contributed by atoms with van der Waals surface area (Å²) in [6.45, 7) is 3.41. The van der Waals surface area contributed by atoms with Crippen molar-refractivity contribution in [3.63, 3.8) is 0 Å². The van der Waals surface area contributed by atoms with Crippen LogP contribution in [0.15, 0.2) is 24.3 Å². The van der Waals surface area contributed by atoms with Gasteiger partial charge in [0.1, 0.15) is 0 Å². The summed E-state index contributed by atoms with van der Waals surface area (Å²) in [6, 6.07) is 7.64. The first-order chi connectivity index (χ1) is 11.6. The zero-order chi connectivity index (χ0) is 17.8. The summed E-state index contributed by atoms with van der Waals surface area (Å²) in [7, 11) is 1.59. The summed E-state index contributed by atoms with van der Waals surface area (Å²) < 4.78 is 9.95. The van der Waals surface area contributed by atoms with Gasteiger partial charge in [-0.3, -0.25) is 9.59 Å². The van der Waals surface area contributed by atoms with E-state index in [-0.39, 0.29) is 18.3 Å². The highest BCUT2D eigenvalue weighted by Crippen LogP contribution is 2.12. The lowest BCUT2D eigenvalue weighted by Gasteiger charge is -2.22. The zero-order valence-corrected chi connectivity index (χ0v) is 15.2. The number of nitrogens with zero attached hydrogens (tertiary/aromatic N) is 1. The highest BCUT2D eigenvalue weighted by molar-refractivity contribution is 6.30. The van der Waals surface area contributed by atoms with E-state index in [2.05, 4.69) is 0 Å². The van der Waals surface area contributed by atoms with E-state index in [0.29, 0.717) is 37.7 Å². The van der Waals surface area contributed by atoms with Gasteiger partial charge in [-0.15, -0.1) is 0 Å². The van der Waals surface area contributed by atoms with Crippen LogP contribution >= 0.6 is 11.6 Å². The third-order valence-corrected chi connectivity index (χ3v) is 3.83. The summed E-state index contributed by atoms with van der Waals surface area (Å²) in [6.07, 6.45) is 2.22. The molecule has 0 aromatic heterocycles. The molecule has 5 nitrogen and oxygen atoms in total. The predicted octanol–water partition coefficient (Wildman–Crippen LogP) is 3.09. The lowest BCUT2D eigenvalue weighted by atomic mass is 10.1. The number of hydrogen-bond donors (Lipinski definition) is 0. The Balaban J connectivity index is 2.41. The number of halogens is 1. The maximum atomic E-state index is 12.4. The summed E-state index contributed by atoms with van der Waals surface area (Å²) in [4.78, 5) is 25.5. The molecule has 134 valence electrons. The van der Waals surface area contributed by atoms with Gasteiger partial charge in [0.25, 0.3) is 0 Å². The fourth-order valence-electron chi connectivity index (χ4n) is 2.28. The number of rotatable bonds is 11. The molecule has 0 fully saturated rings. The first-order valence-corrected chi connectivity index (χ1v) is 8.61. The van der Waals surface area contributed by atoms with Gasteiger partial charge in [0.05, 0.1) is 19.6 Å². The normalized spacial score (nSPS) is 10.5. The van der Waals surface area contributed by atoms with Crippen molar-refractivity contribution in [3.8, 4) is 0 Å². The SMILES string of the molecule is CCOC(=O)CCN(CCOC)C(=O)CCCc1ccc(Cl)cc1. The van der Waals surface area contributed by atoms with Gasteiger partial charge in [-0.25, -0.2) is 0 Å². The minimum Gasteiger partial charge on any atom is -0.466 e. The Bertz CT molecular complexity index is 504. The standard InChI is InChI=1S/C18H26ClNO4/c1-3-24-18(22)11-12-20(13-14-23-2)17(21)6-4-5-15-7-9-16(19)10-8-15/h7-10H,3-6,11-14H2,1-2H3. The van der Waals surface area contributed by atoms with Gasteiger partial charge in [0.2, 0.25) is 5.91 Å². The fourth-order valence-corrected chi connectivity index (χ4v) is 2.40. The summed E-state index contributed by atoms with van der Waals surface area (Å²) in [5.74, 6) is -0.251. The highest BCUT2D eigenvalue weighted by Gasteiger charge is 2.15. The predicted molar refractivity (Wildman–Crippen MR) is 94.1 cm³/mol. The Hall–Kier alpha value is -1.59. The molecule has 0 saturated carbocycles. The van der Waals surface area contributed by atoms with Crippen LogP contribution in [0, 0.1) is 0 Å². The second-order valence-electron chi connectivity index (χ2n) is 5.41. The number of carbonyl (C=O) groups is 2. The Morgan fingerprint density at radius 2 is 1.83 bits per heavy atom. The molecule has 0 unspecified atom stereocenters. The average Bonchev–Trinajstić information content (AvgIpc) is 2.57. The van der Waals surface area contributed by atoms with E-state index in [0.717, 1.165) is 18.4 Å². The lowest BCUT2D eigenvalue weighted by molar-refractivity contribution is -0.144. The van der Waals surface area contributed by atoms with Crippen molar-refractivity contribution in [2.45, 2.75) is 32.6 Å². The van der Waals surface area contributed by atoms with Gasteiger partial charge in [-0.2, -0.15) is 0 Å². The molecule has 0 aliphatic carbocycles. The maximum Gasteiger partial charge on any atom is 0.307 e. The van der Waals surface area contributed by atoms with E-state index in [1.54, 1.807) is 18.9 Å². The molecular formula is C18H26ClNO4. The van der Waals surface area contributed by atoms with Crippen LogP contribution in [0.5, 0.6) is 0 Å². The minimum atomic E-state index is -0.283. The number of amides is 1. The van der Waals surface area contributed by atoms with Crippen LogP contribution in [0.2, 0.25) is 5.02 Å². The number of methoxy groups -OCH3 is 1. The monoisotopic (exact) mass is 355 g/mol. The Labute approximate surface area is 148 Å². The molecule has 1 aromatic rings. The van der Waals surface area contributed by atoms with Crippen molar-refractivity contribution in [2.24, 2.45) is 0 Å². The number of hydrogen-bond acceptors (Lipinski definition) is 4. The Morgan fingerprint density at radius 3 is 2.46 bits per heavy atom. The van der Waals surface area contributed by atoms with Crippen LogP contribution < -0.4 is 0 Å². The van der Waals surface area contributed by atoms with Crippen molar-refractivity contribution >= 4 is 23.5 Å². The topological polar surface area (TPSA) is 55.8 Å². The number of esters is 1. The summed E-state index contributed by atoms with van der Waals surface area (Å²) in [5, 5.41) is 0.708. The van der Waals surface area contributed by atoms with E-state index in [4.69, 9.17) is 21.1 Å². The van der Waals surface area contributed by atoms with E-state index in [1.807, 2.05) is 24.3 Å². The molecule has 0 bridgehead atoms. The van der Waals surface area contributed by atoms with E-state index in [1.165, 1.54) is 0 Å². The van der Waals surface area contributed by atoms with Gasteiger partial charge < -0.3 is 14.4 Å². The van der Waals surface area contributed by atoms with Crippen LogP contribution in [-0.2, 0) is 25.5 Å². The second kappa shape index (κ2) is 11.9. The van der Waals surface area contributed by atoms with E-state index >= 15 is 0 Å². The molecule has 0 saturated heterocycles. The zero-order valence-electron chi connectivity index (χ0n) is 14.4. The largest absolute Gasteiger partial charge is 0.466 e. The van der Waals surface area contributed by atoms with Crippen LogP contribution in [-0.4, -0.2) is 50.2 Å². The molecule has 24 heavy (non-hydrogen) atoms. The van der Waals surface area contributed by atoms with Gasteiger partial charge >= 0.3 is 5.97 Å². The first-order valence-electron chi connectivity index (χ1n) is 8.23. The molecule has 0 heterocycles. The number of benzene rings is 1. The average molecular weight is 356 g/mol. The van der Waals surface area contributed by atoms with Crippen LogP contribution in [0.4, 0.5) is 0 Å². The lowest BCUT2D eigenvalue weighted by Crippen LogP contribution is -2.35. The van der Waals surface area contributed by atoms with Crippen LogP contribution in [0.25, 0.3) is 0 Å². The molecular weight excluding hydrogens is 330 g/mol. The third kappa shape index (κ3) is 8.31. The molecule has 0 aliphatic heterocycles. The first kappa shape index (κ1) is 20.5. The molecule has 1 rings (SSSR count). The van der Waals surface area contributed by atoms with Crippen molar-refractivity contribution in [1.29, 1.82) is 0 Å². The molecule has 1 amide bonds. The van der Waals surface area contributed by atoms with Gasteiger partial charge in [-0.05, 0) is 37.5 Å². The number of ether oxygens (including phenoxy) is 2. The Morgan fingerprint density at radius 1 is 1.12 bits per heavy atom. The van der Waals surface area contributed by atoms with Crippen molar-refractivity contribution in [2.75, 3.05) is 33.4 Å². The van der Waals surface area contributed by atoms with E-state index < -0.39 is 0 Å². The summed E-state index contributed by atoms with van der Waals surface area (Å²) >= 11 is 5.86. The van der Waals surface area contributed by atoms with Crippen molar-refractivity contribution < 1.29 is 19.1 Å². The van der Waals surface area contributed by atoms with Crippen LogP contribution in [0.1, 0.15) is 31.7 Å². The number of aryl methyl sites for hydroxylation is 1. The van der Waals surface area contributed by atoms with E-state index in [9.17, 15) is 9.59 Å². The van der Waals surface area contributed by atoms with Gasteiger partial charge in [0, 0.05) is 31.6 Å². The molecule has 0 aliphatic rings. The fraction of sp³-hybridized carbons (Fsp3) is 0.556. The van der Waals surface area contributed by atoms with Gasteiger partial charge in [-0.1, -0.05) is 23.7 Å². The maximum absolute atomic E-state index is 12.4. The molecule has 0 atom stereocenters.